The van der Waals surface area contributed by atoms with Gasteiger partial charge in [0.2, 0.25) is 0 Å². The number of rotatable bonds is 4. The predicted molar refractivity (Wildman–Crippen MR) is 44.3 cm³/mol. The molecular weight excluding hydrogens is 128 g/mol. The van der Waals surface area contributed by atoms with Gasteiger partial charge >= 0.3 is 0 Å². The molecule has 0 spiro atoms. The zero-order valence-electron chi connectivity index (χ0n) is 6.74. The van der Waals surface area contributed by atoms with Gasteiger partial charge < -0.3 is 4.74 Å². The molecule has 0 aromatic heterocycles. The van der Waals surface area contributed by atoms with E-state index in [4.69, 9.17) is 4.74 Å². The Labute approximate surface area is 59.4 Å². The van der Waals surface area contributed by atoms with Gasteiger partial charge in [-0.1, -0.05) is 19.6 Å². The fourth-order valence-corrected chi connectivity index (χ4v) is 1.24. The molecule has 9 heavy (non-hydrogen) atoms. The Bertz CT molecular complexity index is 65.8. The topological polar surface area (TPSA) is 9.23 Å². The van der Waals surface area contributed by atoms with E-state index < -0.39 is 8.07 Å². The predicted octanol–water partition coefficient (Wildman–Crippen LogP) is 2.18. The smallest absolute Gasteiger partial charge is 0.0466 e. The third-order valence-electron chi connectivity index (χ3n) is 1.14. The molecule has 0 fully saturated rings. The van der Waals surface area contributed by atoms with E-state index in [9.17, 15) is 0 Å². The van der Waals surface area contributed by atoms with Crippen LogP contribution in [0.5, 0.6) is 0 Å². The normalized spacial score (nSPS) is 12.0. The van der Waals surface area contributed by atoms with Crippen molar-refractivity contribution in [2.75, 3.05) is 13.2 Å². The van der Waals surface area contributed by atoms with E-state index in [2.05, 4.69) is 26.6 Å². The van der Waals surface area contributed by atoms with Crippen LogP contribution in [0.4, 0.5) is 0 Å². The van der Waals surface area contributed by atoms with E-state index in [1.807, 2.05) is 0 Å². The molecule has 1 radical (unpaired) electrons. The van der Waals surface area contributed by atoms with E-state index in [0.29, 0.717) is 6.61 Å². The summed E-state index contributed by atoms with van der Waals surface area (Å²) in [5.41, 5.74) is 0. The highest BCUT2D eigenvalue weighted by Crippen LogP contribution is 2.06. The molecule has 0 rings (SSSR count). The second-order valence-corrected chi connectivity index (χ2v) is 9.04. The van der Waals surface area contributed by atoms with Gasteiger partial charge in [-0.05, 0) is 13.0 Å². The first-order valence-corrected chi connectivity index (χ1v) is 7.14. The summed E-state index contributed by atoms with van der Waals surface area (Å²) >= 11 is 0. The van der Waals surface area contributed by atoms with E-state index in [1.54, 1.807) is 0 Å². The molecule has 0 aromatic carbocycles. The Balaban J connectivity index is 3.07. The molecule has 2 heteroatoms. The third-order valence-corrected chi connectivity index (χ3v) is 2.84. The molecular formula is C7H17OSi. The van der Waals surface area contributed by atoms with Crippen LogP contribution in [0.15, 0.2) is 0 Å². The molecule has 0 aliphatic rings. The molecule has 0 aromatic rings. The summed E-state index contributed by atoms with van der Waals surface area (Å²) in [4.78, 5) is 0. The zero-order chi connectivity index (χ0) is 7.33. The molecule has 0 aliphatic carbocycles. The second-order valence-electron chi connectivity index (χ2n) is 3.42. The number of ether oxygens (including phenoxy) is 1. The molecule has 55 valence electrons. The first-order chi connectivity index (χ1) is 4.06. The fraction of sp³-hybridized carbons (Fsp3) is 0.857. The molecule has 0 unspecified atom stereocenters. The lowest BCUT2D eigenvalue weighted by atomic mass is 10.8. The highest BCUT2D eigenvalue weighted by atomic mass is 28.3. The Morgan fingerprint density at radius 1 is 1.33 bits per heavy atom. The first kappa shape index (κ1) is 9.18. The van der Waals surface area contributed by atoms with Crippen LogP contribution < -0.4 is 0 Å². The molecule has 0 aliphatic heterocycles. The quantitative estimate of drug-likeness (QED) is 0.435. The van der Waals surface area contributed by atoms with Gasteiger partial charge in [-0.15, -0.1) is 0 Å². The highest BCUT2D eigenvalue weighted by Gasteiger charge is 2.11. The van der Waals surface area contributed by atoms with E-state index in [1.165, 1.54) is 6.04 Å². The zero-order valence-corrected chi connectivity index (χ0v) is 7.74. The maximum Gasteiger partial charge on any atom is 0.0466 e. The van der Waals surface area contributed by atoms with Gasteiger partial charge in [-0.3, -0.25) is 0 Å². The van der Waals surface area contributed by atoms with Crippen LogP contribution in [0.2, 0.25) is 25.7 Å². The molecule has 1 nitrogen and oxygen atoms in total. The summed E-state index contributed by atoms with van der Waals surface area (Å²) in [6.07, 6.45) is 0. The Kier molecular flexibility index (Phi) is 4.15. The minimum Gasteiger partial charge on any atom is -0.382 e. The highest BCUT2D eigenvalue weighted by molar-refractivity contribution is 6.76. The van der Waals surface area contributed by atoms with Gasteiger partial charge in [0.05, 0.1) is 0 Å². The average Bonchev–Trinajstić information content (AvgIpc) is 1.63. The standard InChI is InChI=1S/C7H17OSi/c1-5-8-6-7-9(2,3)4/h1,5-7H2,2-4H3. The van der Waals surface area contributed by atoms with Crippen molar-refractivity contribution in [1.82, 2.24) is 0 Å². The van der Waals surface area contributed by atoms with Crippen molar-refractivity contribution in [3.8, 4) is 0 Å². The van der Waals surface area contributed by atoms with Crippen molar-refractivity contribution in [1.29, 1.82) is 0 Å². The second kappa shape index (κ2) is 4.07. The van der Waals surface area contributed by atoms with Crippen LogP contribution >= 0.6 is 0 Å². The fourth-order valence-electron chi connectivity index (χ4n) is 0.480. The Hall–Kier alpha value is 0.177. The summed E-state index contributed by atoms with van der Waals surface area (Å²) in [7, 11) is -0.847. The first-order valence-electron chi connectivity index (χ1n) is 3.43. The van der Waals surface area contributed by atoms with Crippen molar-refractivity contribution >= 4 is 8.07 Å². The maximum absolute atomic E-state index is 5.13. The summed E-state index contributed by atoms with van der Waals surface area (Å²) in [6.45, 7) is 12.2. The Morgan fingerprint density at radius 2 is 1.89 bits per heavy atom. The van der Waals surface area contributed by atoms with Crippen molar-refractivity contribution in [2.24, 2.45) is 0 Å². The van der Waals surface area contributed by atoms with Crippen molar-refractivity contribution < 1.29 is 4.74 Å². The van der Waals surface area contributed by atoms with Crippen molar-refractivity contribution in [3.05, 3.63) is 6.92 Å². The van der Waals surface area contributed by atoms with Crippen LogP contribution in [-0.4, -0.2) is 21.3 Å². The minimum atomic E-state index is -0.847. The molecule has 0 bridgehead atoms. The lowest BCUT2D eigenvalue weighted by Gasteiger charge is -2.14. The van der Waals surface area contributed by atoms with Crippen LogP contribution in [0, 0.1) is 6.92 Å². The minimum absolute atomic E-state index is 0.616. The maximum atomic E-state index is 5.13. The molecule has 0 amide bonds. The Morgan fingerprint density at radius 3 is 2.22 bits per heavy atom. The number of hydrogen-bond donors (Lipinski definition) is 0. The number of hydrogen-bond acceptors (Lipinski definition) is 1. The van der Waals surface area contributed by atoms with Gasteiger partial charge in [0, 0.05) is 21.3 Å². The molecule has 0 atom stereocenters. The van der Waals surface area contributed by atoms with Crippen molar-refractivity contribution in [2.45, 2.75) is 25.7 Å². The van der Waals surface area contributed by atoms with Crippen LogP contribution in [0.3, 0.4) is 0 Å². The SMILES string of the molecule is [CH2]COCC[Si](C)(C)C. The monoisotopic (exact) mass is 145 g/mol. The summed E-state index contributed by atoms with van der Waals surface area (Å²) in [5.74, 6) is 0. The lowest BCUT2D eigenvalue weighted by Crippen LogP contribution is -2.21. The van der Waals surface area contributed by atoms with Crippen LogP contribution in [0.25, 0.3) is 0 Å². The van der Waals surface area contributed by atoms with Crippen LogP contribution in [0.1, 0.15) is 0 Å². The van der Waals surface area contributed by atoms with Gasteiger partial charge in [0.25, 0.3) is 0 Å². The van der Waals surface area contributed by atoms with Gasteiger partial charge in [-0.2, -0.15) is 0 Å². The van der Waals surface area contributed by atoms with Gasteiger partial charge in [0.1, 0.15) is 0 Å². The van der Waals surface area contributed by atoms with E-state index in [-0.39, 0.29) is 0 Å². The van der Waals surface area contributed by atoms with Gasteiger partial charge in [-0.25, -0.2) is 0 Å². The lowest BCUT2D eigenvalue weighted by molar-refractivity contribution is 0.175. The summed E-state index contributed by atoms with van der Waals surface area (Å²) in [6, 6.07) is 1.25. The molecule has 0 saturated heterocycles. The summed E-state index contributed by atoms with van der Waals surface area (Å²) < 4.78 is 5.13. The average molecular weight is 145 g/mol. The third kappa shape index (κ3) is 8.18. The molecule has 0 heterocycles. The van der Waals surface area contributed by atoms with E-state index in [0.717, 1.165) is 6.61 Å². The van der Waals surface area contributed by atoms with Gasteiger partial charge in [0.15, 0.2) is 0 Å². The largest absolute Gasteiger partial charge is 0.382 e. The summed E-state index contributed by atoms with van der Waals surface area (Å²) in [5, 5.41) is 0. The van der Waals surface area contributed by atoms with Crippen LogP contribution in [-0.2, 0) is 4.74 Å². The molecule has 0 N–H and O–H groups in total. The van der Waals surface area contributed by atoms with E-state index >= 15 is 0 Å². The molecule has 0 saturated carbocycles. The van der Waals surface area contributed by atoms with Crippen molar-refractivity contribution in [3.63, 3.8) is 0 Å².